The van der Waals surface area contributed by atoms with Crippen LogP contribution in [0, 0.1) is 12.8 Å². The zero-order valence-electron chi connectivity index (χ0n) is 23.6. The van der Waals surface area contributed by atoms with Gasteiger partial charge in [0.15, 0.2) is 5.84 Å². The van der Waals surface area contributed by atoms with E-state index < -0.39 is 27.9 Å². The van der Waals surface area contributed by atoms with Crippen LogP contribution in [0.5, 0.6) is 0 Å². The van der Waals surface area contributed by atoms with E-state index in [1.54, 1.807) is 41.3 Å². The second kappa shape index (κ2) is 14.1. The van der Waals surface area contributed by atoms with E-state index in [4.69, 9.17) is 10.9 Å². The van der Waals surface area contributed by atoms with E-state index in [0.717, 1.165) is 11.1 Å². The number of hydrogen-bond donors (Lipinski definition) is 4. The van der Waals surface area contributed by atoms with Gasteiger partial charge in [0.25, 0.3) is 0 Å². The largest absolute Gasteiger partial charge is 0.409 e. The molecule has 1 fully saturated rings. The van der Waals surface area contributed by atoms with Crippen molar-refractivity contribution in [2.24, 2.45) is 16.8 Å². The van der Waals surface area contributed by atoms with E-state index in [9.17, 15) is 18.0 Å². The minimum absolute atomic E-state index is 0.0287. The summed E-state index contributed by atoms with van der Waals surface area (Å²) in [5.41, 5.74) is 8.84. The van der Waals surface area contributed by atoms with Crippen LogP contribution in [-0.4, -0.2) is 61.9 Å². The van der Waals surface area contributed by atoms with Crippen LogP contribution in [0.1, 0.15) is 35.1 Å². The van der Waals surface area contributed by atoms with Crippen LogP contribution in [0.25, 0.3) is 0 Å². The van der Waals surface area contributed by atoms with Gasteiger partial charge in [0.2, 0.25) is 21.8 Å². The Morgan fingerprint density at radius 2 is 1.76 bits per heavy atom. The molecule has 1 unspecified atom stereocenters. The molecule has 0 aliphatic carbocycles. The molecule has 0 spiro atoms. The van der Waals surface area contributed by atoms with E-state index >= 15 is 0 Å². The van der Waals surface area contributed by atoms with Crippen molar-refractivity contribution in [3.63, 3.8) is 0 Å². The third-order valence-corrected chi connectivity index (χ3v) is 8.84. The van der Waals surface area contributed by atoms with Crippen LogP contribution in [0.2, 0.25) is 0 Å². The number of piperidine rings is 1. The normalized spacial score (nSPS) is 16.5. The quantitative estimate of drug-likeness (QED) is 0.116. The van der Waals surface area contributed by atoms with Gasteiger partial charge in [0.05, 0.1) is 10.8 Å². The molecule has 3 aromatic carbocycles. The first-order valence-electron chi connectivity index (χ1n) is 13.9. The molecule has 1 aliphatic heterocycles. The number of rotatable bonds is 11. The number of hydrogen-bond acceptors (Lipinski definition) is 6. The van der Waals surface area contributed by atoms with E-state index in [1.165, 1.54) is 12.1 Å². The maximum atomic E-state index is 13.9. The van der Waals surface area contributed by atoms with Crippen LogP contribution in [0.3, 0.4) is 0 Å². The van der Waals surface area contributed by atoms with Gasteiger partial charge in [-0.2, -0.15) is 4.72 Å². The highest BCUT2D eigenvalue weighted by Crippen LogP contribution is 2.20. The second-order valence-corrected chi connectivity index (χ2v) is 12.2. The van der Waals surface area contributed by atoms with Crippen molar-refractivity contribution in [2.45, 2.75) is 43.5 Å². The molecule has 222 valence electrons. The molecular formula is C31H37N5O5S. The number of amidine groups is 1. The average Bonchev–Trinajstić information content (AvgIpc) is 3.00. The lowest BCUT2D eigenvalue weighted by Gasteiger charge is -2.34. The van der Waals surface area contributed by atoms with E-state index in [2.05, 4.69) is 15.2 Å². The highest BCUT2D eigenvalue weighted by molar-refractivity contribution is 7.89. The highest BCUT2D eigenvalue weighted by Gasteiger charge is 2.34. The smallest absolute Gasteiger partial charge is 0.241 e. The number of nitrogens with zero attached hydrogens (tertiary/aromatic N) is 2. The number of likely N-dealkylation sites (tertiary alicyclic amines) is 1. The molecule has 1 saturated heterocycles. The molecule has 1 heterocycles. The lowest BCUT2D eigenvalue weighted by molar-refractivity contribution is -0.137. The standard InChI is InChI=1S/C31H37N5O5S/c1-22-12-14-27(15-13-22)42(40,41)35-28(20-24-9-5-10-25(19-24)29(32)34-39)31(38)36-18-6-11-26(21-36)30(37)33-17-16-23-7-3-2-4-8-23/h2-5,7-10,12-15,19,26,28,35,39H,6,11,16-18,20-21H2,1H3,(H2,32,34)(H,33,37)/t26?,28-/m0/s1. The summed E-state index contributed by atoms with van der Waals surface area (Å²) < 4.78 is 29.3. The van der Waals surface area contributed by atoms with E-state index in [0.29, 0.717) is 43.5 Å². The first-order chi connectivity index (χ1) is 20.2. The van der Waals surface area contributed by atoms with Crippen LogP contribution in [0.4, 0.5) is 0 Å². The van der Waals surface area contributed by atoms with Gasteiger partial charge < -0.3 is 21.2 Å². The molecule has 1 aliphatic rings. The predicted molar refractivity (Wildman–Crippen MR) is 160 cm³/mol. The number of amides is 2. The molecular weight excluding hydrogens is 554 g/mol. The molecule has 2 atom stereocenters. The van der Waals surface area contributed by atoms with Crippen molar-refractivity contribution in [3.8, 4) is 0 Å². The molecule has 0 radical (unpaired) electrons. The number of benzene rings is 3. The summed E-state index contributed by atoms with van der Waals surface area (Å²) in [6.45, 7) is 2.96. The van der Waals surface area contributed by atoms with Crippen LogP contribution in [0.15, 0.2) is 88.9 Å². The fourth-order valence-electron chi connectivity index (χ4n) is 5.03. The first-order valence-corrected chi connectivity index (χ1v) is 15.4. The SMILES string of the molecule is Cc1ccc(S(=O)(=O)N[C@@H](Cc2cccc(C(N)=NO)c2)C(=O)N2CCCC(C(=O)NCCc3ccccc3)C2)cc1. The molecule has 42 heavy (non-hydrogen) atoms. The van der Waals surface area contributed by atoms with Crippen LogP contribution >= 0.6 is 0 Å². The summed E-state index contributed by atoms with van der Waals surface area (Å²) in [6, 6.07) is 21.8. The van der Waals surface area contributed by atoms with Crippen LogP contribution < -0.4 is 15.8 Å². The molecule has 4 rings (SSSR count). The van der Waals surface area contributed by atoms with Crippen molar-refractivity contribution in [1.29, 1.82) is 0 Å². The summed E-state index contributed by atoms with van der Waals surface area (Å²) in [4.78, 5) is 28.5. The van der Waals surface area contributed by atoms with Gasteiger partial charge in [-0.1, -0.05) is 71.4 Å². The lowest BCUT2D eigenvalue weighted by Crippen LogP contribution is -2.53. The van der Waals surface area contributed by atoms with Crippen molar-refractivity contribution >= 4 is 27.7 Å². The van der Waals surface area contributed by atoms with Gasteiger partial charge >= 0.3 is 0 Å². The molecule has 0 aromatic heterocycles. The predicted octanol–water partition coefficient (Wildman–Crippen LogP) is 2.58. The summed E-state index contributed by atoms with van der Waals surface area (Å²) in [5, 5.41) is 15.1. The number of nitrogens with one attached hydrogen (secondary N) is 2. The molecule has 10 nitrogen and oxygen atoms in total. The van der Waals surface area contributed by atoms with Gasteiger partial charge in [-0.15, -0.1) is 0 Å². The fourth-order valence-corrected chi connectivity index (χ4v) is 6.22. The monoisotopic (exact) mass is 591 g/mol. The summed E-state index contributed by atoms with van der Waals surface area (Å²) in [7, 11) is -4.04. The average molecular weight is 592 g/mol. The number of aryl methyl sites for hydroxylation is 1. The minimum atomic E-state index is -4.04. The van der Waals surface area contributed by atoms with Gasteiger partial charge in [0.1, 0.15) is 6.04 Å². The second-order valence-electron chi connectivity index (χ2n) is 10.5. The summed E-state index contributed by atoms with van der Waals surface area (Å²) >= 11 is 0. The zero-order chi connectivity index (χ0) is 30.1. The van der Waals surface area contributed by atoms with Gasteiger partial charge in [0, 0.05) is 25.2 Å². The summed E-state index contributed by atoms with van der Waals surface area (Å²) in [6.07, 6.45) is 2.00. The molecule has 0 saturated carbocycles. The number of sulfonamides is 1. The van der Waals surface area contributed by atoms with Crippen molar-refractivity contribution in [2.75, 3.05) is 19.6 Å². The Bertz CT molecular complexity index is 1510. The number of carbonyl (C=O) groups is 2. The minimum Gasteiger partial charge on any atom is -0.409 e. The van der Waals surface area contributed by atoms with Gasteiger partial charge in [-0.3, -0.25) is 9.59 Å². The number of carbonyl (C=O) groups excluding carboxylic acids is 2. The Kier molecular flexibility index (Phi) is 10.3. The van der Waals surface area contributed by atoms with Gasteiger partial charge in [-0.25, -0.2) is 8.42 Å². The summed E-state index contributed by atoms with van der Waals surface area (Å²) in [5.74, 6) is -1.03. The van der Waals surface area contributed by atoms with Gasteiger partial charge in [-0.05, 0) is 61.9 Å². The zero-order valence-corrected chi connectivity index (χ0v) is 24.4. The van der Waals surface area contributed by atoms with Crippen molar-refractivity contribution in [3.05, 3.63) is 101 Å². The Morgan fingerprint density at radius 3 is 2.48 bits per heavy atom. The lowest BCUT2D eigenvalue weighted by atomic mass is 9.95. The fraction of sp³-hybridized carbons (Fsp3) is 0.323. The number of nitrogens with two attached hydrogens (primary N) is 1. The van der Waals surface area contributed by atoms with Crippen molar-refractivity contribution < 1.29 is 23.2 Å². The highest BCUT2D eigenvalue weighted by atomic mass is 32.2. The molecule has 2 amide bonds. The van der Waals surface area contributed by atoms with E-state index in [-0.39, 0.29) is 29.6 Å². The maximum Gasteiger partial charge on any atom is 0.241 e. The third kappa shape index (κ3) is 8.17. The van der Waals surface area contributed by atoms with E-state index in [1.807, 2.05) is 37.3 Å². The molecule has 0 bridgehead atoms. The Balaban J connectivity index is 1.50. The molecule has 11 heteroatoms. The molecule has 5 N–H and O–H groups in total. The maximum absolute atomic E-state index is 13.9. The van der Waals surface area contributed by atoms with Crippen LogP contribution in [-0.2, 0) is 32.5 Å². The number of oxime groups is 1. The Hall–Kier alpha value is -4.22. The third-order valence-electron chi connectivity index (χ3n) is 7.36. The Morgan fingerprint density at radius 1 is 1.05 bits per heavy atom. The van der Waals surface area contributed by atoms with Crippen molar-refractivity contribution in [1.82, 2.24) is 14.9 Å². The molecule has 3 aromatic rings. The first kappa shape index (κ1) is 30.7. The topological polar surface area (TPSA) is 154 Å². The Labute approximate surface area is 246 Å².